The molecule has 1 heterocycles. The standard InChI is InChI=1S/C13H19NO4S/c1-2-19(15,16)9-11(14)10-4-5-12-13(8-10)18-7-3-6-17-12/h4-5,8,11H,2-3,6-7,9,14H2,1H3. The maximum Gasteiger partial charge on any atom is 0.161 e. The van der Waals surface area contributed by atoms with E-state index < -0.39 is 15.9 Å². The molecule has 1 atom stereocenters. The second-order valence-electron chi connectivity index (χ2n) is 4.56. The highest BCUT2D eigenvalue weighted by molar-refractivity contribution is 7.91. The predicted octanol–water partition coefficient (Wildman–Crippen LogP) is 1.28. The fraction of sp³-hybridized carbons (Fsp3) is 0.538. The van der Waals surface area contributed by atoms with Crippen LogP contribution in [-0.2, 0) is 9.84 Å². The summed E-state index contributed by atoms with van der Waals surface area (Å²) < 4.78 is 34.3. The quantitative estimate of drug-likeness (QED) is 0.901. The normalized spacial score (nSPS) is 16.7. The Labute approximate surface area is 113 Å². The zero-order valence-electron chi connectivity index (χ0n) is 11.0. The Kier molecular flexibility index (Phi) is 4.31. The van der Waals surface area contributed by atoms with Crippen molar-refractivity contribution < 1.29 is 17.9 Å². The summed E-state index contributed by atoms with van der Waals surface area (Å²) >= 11 is 0. The molecule has 0 bridgehead atoms. The van der Waals surface area contributed by atoms with Gasteiger partial charge in [0.2, 0.25) is 0 Å². The zero-order valence-corrected chi connectivity index (χ0v) is 11.8. The van der Waals surface area contributed by atoms with Crippen molar-refractivity contribution in [2.75, 3.05) is 24.7 Å². The van der Waals surface area contributed by atoms with Gasteiger partial charge in [-0.3, -0.25) is 0 Å². The zero-order chi connectivity index (χ0) is 13.9. The minimum atomic E-state index is -3.09. The summed E-state index contributed by atoms with van der Waals surface area (Å²) in [5, 5.41) is 0. The van der Waals surface area contributed by atoms with Gasteiger partial charge in [-0.15, -0.1) is 0 Å². The first-order valence-electron chi connectivity index (χ1n) is 6.37. The Hall–Kier alpha value is -1.27. The molecule has 0 saturated heterocycles. The summed E-state index contributed by atoms with van der Waals surface area (Å²) in [6, 6.07) is 4.82. The van der Waals surface area contributed by atoms with Gasteiger partial charge in [0.25, 0.3) is 0 Å². The minimum Gasteiger partial charge on any atom is -0.490 e. The van der Waals surface area contributed by atoms with Crippen LogP contribution in [0.4, 0.5) is 0 Å². The molecule has 5 nitrogen and oxygen atoms in total. The summed E-state index contributed by atoms with van der Waals surface area (Å²) in [5.74, 6) is 1.38. The van der Waals surface area contributed by atoms with Gasteiger partial charge in [-0.1, -0.05) is 13.0 Å². The summed E-state index contributed by atoms with van der Waals surface area (Å²) in [5.41, 5.74) is 6.70. The molecule has 19 heavy (non-hydrogen) atoms. The molecule has 1 aromatic rings. The Bertz CT molecular complexity index is 542. The van der Waals surface area contributed by atoms with E-state index in [-0.39, 0.29) is 11.5 Å². The number of hydrogen-bond acceptors (Lipinski definition) is 5. The van der Waals surface area contributed by atoms with Crippen LogP contribution in [0.15, 0.2) is 18.2 Å². The van der Waals surface area contributed by atoms with E-state index in [4.69, 9.17) is 15.2 Å². The third kappa shape index (κ3) is 3.61. The SMILES string of the molecule is CCS(=O)(=O)CC(N)c1ccc2c(c1)OCCCO2. The first-order valence-corrected chi connectivity index (χ1v) is 8.19. The van der Waals surface area contributed by atoms with Crippen molar-refractivity contribution in [3.8, 4) is 11.5 Å². The molecule has 0 amide bonds. The number of fused-ring (bicyclic) bond motifs is 1. The molecular formula is C13H19NO4S. The van der Waals surface area contributed by atoms with Crippen LogP contribution in [0.3, 0.4) is 0 Å². The fourth-order valence-electron chi connectivity index (χ4n) is 1.90. The molecule has 1 aromatic carbocycles. The van der Waals surface area contributed by atoms with Gasteiger partial charge in [-0.05, 0) is 17.7 Å². The van der Waals surface area contributed by atoms with E-state index in [1.807, 2.05) is 0 Å². The number of hydrogen-bond donors (Lipinski definition) is 1. The van der Waals surface area contributed by atoms with E-state index in [0.29, 0.717) is 24.7 Å². The molecule has 0 fully saturated rings. The van der Waals surface area contributed by atoms with Gasteiger partial charge in [0.1, 0.15) is 0 Å². The summed E-state index contributed by atoms with van der Waals surface area (Å²) in [4.78, 5) is 0. The molecule has 1 unspecified atom stereocenters. The van der Waals surface area contributed by atoms with Crippen molar-refractivity contribution in [2.24, 2.45) is 5.73 Å². The van der Waals surface area contributed by atoms with E-state index in [0.717, 1.165) is 12.0 Å². The molecule has 2 N–H and O–H groups in total. The van der Waals surface area contributed by atoms with Crippen molar-refractivity contribution in [1.82, 2.24) is 0 Å². The molecule has 2 rings (SSSR count). The topological polar surface area (TPSA) is 78.6 Å². The Morgan fingerprint density at radius 1 is 1.26 bits per heavy atom. The predicted molar refractivity (Wildman–Crippen MR) is 73.3 cm³/mol. The average Bonchev–Trinajstić information content (AvgIpc) is 2.62. The van der Waals surface area contributed by atoms with Crippen molar-refractivity contribution in [2.45, 2.75) is 19.4 Å². The molecule has 106 valence electrons. The second kappa shape index (κ2) is 5.79. The van der Waals surface area contributed by atoms with Gasteiger partial charge in [0.05, 0.1) is 19.0 Å². The molecule has 0 aromatic heterocycles. The lowest BCUT2D eigenvalue weighted by Crippen LogP contribution is -2.22. The maximum atomic E-state index is 11.6. The van der Waals surface area contributed by atoms with Crippen LogP contribution in [0.25, 0.3) is 0 Å². The lowest BCUT2D eigenvalue weighted by molar-refractivity contribution is 0.297. The first-order chi connectivity index (χ1) is 9.02. The molecule has 1 aliphatic rings. The van der Waals surface area contributed by atoms with Crippen LogP contribution < -0.4 is 15.2 Å². The number of sulfone groups is 1. The first kappa shape index (κ1) is 14.1. The summed E-state index contributed by atoms with van der Waals surface area (Å²) in [6.45, 7) is 2.84. The third-order valence-corrected chi connectivity index (χ3v) is 4.82. The van der Waals surface area contributed by atoms with Gasteiger partial charge >= 0.3 is 0 Å². The average molecular weight is 285 g/mol. The Morgan fingerprint density at radius 2 is 1.95 bits per heavy atom. The summed E-state index contributed by atoms with van der Waals surface area (Å²) in [6.07, 6.45) is 0.834. The van der Waals surface area contributed by atoms with Crippen molar-refractivity contribution in [3.05, 3.63) is 23.8 Å². The Balaban J connectivity index is 2.19. The van der Waals surface area contributed by atoms with E-state index in [9.17, 15) is 8.42 Å². The number of ether oxygens (including phenoxy) is 2. The molecule has 6 heteroatoms. The minimum absolute atomic E-state index is 0.0524. The monoisotopic (exact) mass is 285 g/mol. The van der Waals surface area contributed by atoms with Crippen LogP contribution in [-0.4, -0.2) is 33.1 Å². The number of nitrogens with two attached hydrogens (primary N) is 1. The van der Waals surface area contributed by atoms with E-state index in [1.54, 1.807) is 25.1 Å². The van der Waals surface area contributed by atoms with Gasteiger partial charge in [-0.25, -0.2) is 8.42 Å². The van der Waals surface area contributed by atoms with E-state index in [1.165, 1.54) is 0 Å². The lowest BCUT2D eigenvalue weighted by Gasteiger charge is -2.14. The second-order valence-corrected chi connectivity index (χ2v) is 6.96. The number of rotatable bonds is 4. The highest BCUT2D eigenvalue weighted by Crippen LogP contribution is 2.32. The highest BCUT2D eigenvalue weighted by Gasteiger charge is 2.18. The van der Waals surface area contributed by atoms with Gasteiger partial charge in [-0.2, -0.15) is 0 Å². The highest BCUT2D eigenvalue weighted by atomic mass is 32.2. The molecule has 0 spiro atoms. The number of benzene rings is 1. The van der Waals surface area contributed by atoms with Crippen LogP contribution >= 0.6 is 0 Å². The molecule has 0 aliphatic carbocycles. The Morgan fingerprint density at radius 3 is 2.63 bits per heavy atom. The largest absolute Gasteiger partial charge is 0.490 e. The maximum absolute atomic E-state index is 11.6. The van der Waals surface area contributed by atoms with E-state index >= 15 is 0 Å². The molecule has 1 aliphatic heterocycles. The molecule has 0 radical (unpaired) electrons. The van der Waals surface area contributed by atoms with Crippen molar-refractivity contribution >= 4 is 9.84 Å². The van der Waals surface area contributed by atoms with E-state index in [2.05, 4.69) is 0 Å². The van der Waals surface area contributed by atoms with Crippen molar-refractivity contribution in [3.63, 3.8) is 0 Å². The van der Waals surface area contributed by atoms with Crippen LogP contribution in [0, 0.1) is 0 Å². The third-order valence-electron chi connectivity index (χ3n) is 3.07. The van der Waals surface area contributed by atoms with Gasteiger partial charge < -0.3 is 15.2 Å². The van der Waals surface area contributed by atoms with Crippen LogP contribution in [0.2, 0.25) is 0 Å². The smallest absolute Gasteiger partial charge is 0.161 e. The van der Waals surface area contributed by atoms with Crippen molar-refractivity contribution in [1.29, 1.82) is 0 Å². The fourth-order valence-corrected chi connectivity index (χ4v) is 2.87. The molecular weight excluding hydrogens is 266 g/mol. The van der Waals surface area contributed by atoms with Crippen LogP contribution in [0.1, 0.15) is 24.9 Å². The van der Waals surface area contributed by atoms with Crippen LogP contribution in [0.5, 0.6) is 11.5 Å². The lowest BCUT2D eigenvalue weighted by atomic mass is 10.1. The van der Waals surface area contributed by atoms with Gasteiger partial charge in [0, 0.05) is 18.2 Å². The molecule has 0 saturated carbocycles. The summed E-state index contributed by atoms with van der Waals surface area (Å²) in [7, 11) is -3.09. The van der Waals surface area contributed by atoms with Gasteiger partial charge in [0.15, 0.2) is 21.3 Å².